The SMILES string of the molecule is COc1cc(COc2c(C)cc(C=O)cc2C)c(OC)cc1Br. The molecule has 0 heterocycles. The highest BCUT2D eigenvalue weighted by Gasteiger charge is 2.12. The Hall–Kier alpha value is -2.01. The minimum absolute atomic E-state index is 0.342. The average Bonchev–Trinajstić information content (AvgIpc) is 2.54. The molecule has 0 unspecified atom stereocenters. The second kappa shape index (κ2) is 7.51. The first kappa shape index (κ1) is 17.3. The van der Waals surface area contributed by atoms with Crippen molar-refractivity contribution in [1.29, 1.82) is 0 Å². The van der Waals surface area contributed by atoms with Crippen LogP contribution in [0.2, 0.25) is 0 Å². The first-order valence-corrected chi connectivity index (χ1v) is 7.89. The van der Waals surface area contributed by atoms with Crippen molar-refractivity contribution in [3.63, 3.8) is 0 Å². The number of carbonyl (C=O) groups is 1. The van der Waals surface area contributed by atoms with Crippen LogP contribution in [0, 0.1) is 13.8 Å². The molecule has 23 heavy (non-hydrogen) atoms. The molecule has 2 aromatic rings. The molecule has 0 N–H and O–H groups in total. The van der Waals surface area contributed by atoms with Crippen LogP contribution < -0.4 is 14.2 Å². The van der Waals surface area contributed by atoms with E-state index in [1.54, 1.807) is 14.2 Å². The predicted molar refractivity (Wildman–Crippen MR) is 92.9 cm³/mol. The minimum Gasteiger partial charge on any atom is -0.496 e. The predicted octanol–water partition coefficient (Wildman–Crippen LogP) is 4.47. The van der Waals surface area contributed by atoms with Gasteiger partial charge in [-0.25, -0.2) is 0 Å². The number of hydrogen-bond acceptors (Lipinski definition) is 4. The van der Waals surface area contributed by atoms with Crippen LogP contribution in [0.25, 0.3) is 0 Å². The molecule has 0 atom stereocenters. The van der Waals surface area contributed by atoms with E-state index in [2.05, 4.69) is 15.9 Å². The van der Waals surface area contributed by atoms with Crippen molar-refractivity contribution in [2.45, 2.75) is 20.5 Å². The lowest BCUT2D eigenvalue weighted by atomic mass is 10.1. The second-order valence-electron chi connectivity index (χ2n) is 5.19. The van der Waals surface area contributed by atoms with Crippen LogP contribution >= 0.6 is 15.9 Å². The van der Waals surface area contributed by atoms with Gasteiger partial charge in [-0.1, -0.05) is 0 Å². The van der Waals surface area contributed by atoms with Crippen LogP contribution in [0.4, 0.5) is 0 Å². The van der Waals surface area contributed by atoms with Crippen molar-refractivity contribution in [2.75, 3.05) is 14.2 Å². The summed E-state index contributed by atoms with van der Waals surface area (Å²) in [6.45, 7) is 4.19. The second-order valence-corrected chi connectivity index (χ2v) is 6.04. The molecule has 0 fully saturated rings. The first-order valence-electron chi connectivity index (χ1n) is 7.09. The number of carbonyl (C=O) groups excluding carboxylic acids is 1. The van der Waals surface area contributed by atoms with Gasteiger partial charge in [-0.2, -0.15) is 0 Å². The molecule has 0 aliphatic heterocycles. The molecule has 2 aromatic carbocycles. The zero-order chi connectivity index (χ0) is 17.0. The summed E-state index contributed by atoms with van der Waals surface area (Å²) in [7, 11) is 3.23. The highest BCUT2D eigenvalue weighted by molar-refractivity contribution is 9.10. The topological polar surface area (TPSA) is 44.8 Å². The molecule has 0 amide bonds. The number of halogens is 1. The number of rotatable bonds is 6. The molecule has 0 aliphatic carbocycles. The molecule has 5 heteroatoms. The summed E-state index contributed by atoms with van der Waals surface area (Å²) in [5, 5.41) is 0. The Balaban J connectivity index is 2.29. The number of methoxy groups -OCH3 is 2. The zero-order valence-corrected chi connectivity index (χ0v) is 15.2. The fourth-order valence-corrected chi connectivity index (χ4v) is 2.95. The van der Waals surface area contributed by atoms with Gasteiger partial charge in [0.15, 0.2) is 0 Å². The lowest BCUT2D eigenvalue weighted by molar-refractivity contribution is 0.112. The highest BCUT2D eigenvalue weighted by atomic mass is 79.9. The fourth-order valence-electron chi connectivity index (χ4n) is 2.47. The number of ether oxygens (including phenoxy) is 3. The van der Waals surface area contributed by atoms with Crippen LogP contribution in [0.1, 0.15) is 27.0 Å². The smallest absolute Gasteiger partial charge is 0.150 e. The third-order valence-electron chi connectivity index (χ3n) is 3.55. The van der Waals surface area contributed by atoms with Gasteiger partial charge in [0.25, 0.3) is 0 Å². The summed E-state index contributed by atoms with van der Waals surface area (Å²) < 4.78 is 17.5. The monoisotopic (exact) mass is 378 g/mol. The summed E-state index contributed by atoms with van der Waals surface area (Å²) in [5.74, 6) is 2.21. The maximum absolute atomic E-state index is 10.9. The molecule has 0 saturated carbocycles. The zero-order valence-electron chi connectivity index (χ0n) is 13.6. The Morgan fingerprint density at radius 3 is 2.13 bits per heavy atom. The van der Waals surface area contributed by atoms with Crippen LogP contribution in [0.3, 0.4) is 0 Å². The summed E-state index contributed by atoms with van der Waals surface area (Å²) >= 11 is 3.44. The summed E-state index contributed by atoms with van der Waals surface area (Å²) in [6, 6.07) is 7.36. The first-order chi connectivity index (χ1) is 11.0. The molecule has 0 saturated heterocycles. The Morgan fingerprint density at radius 2 is 1.61 bits per heavy atom. The van der Waals surface area contributed by atoms with Crippen LogP contribution in [0.5, 0.6) is 17.2 Å². The molecule has 0 bridgehead atoms. The number of benzene rings is 2. The van der Waals surface area contributed by atoms with Crippen LogP contribution in [-0.4, -0.2) is 20.5 Å². The van der Waals surface area contributed by atoms with Gasteiger partial charge in [0.2, 0.25) is 0 Å². The molecular formula is C18H19BrO4. The van der Waals surface area contributed by atoms with E-state index in [4.69, 9.17) is 14.2 Å². The van der Waals surface area contributed by atoms with E-state index in [0.29, 0.717) is 17.9 Å². The van der Waals surface area contributed by atoms with E-state index in [1.807, 2.05) is 38.1 Å². The van der Waals surface area contributed by atoms with Gasteiger partial charge in [-0.05, 0) is 65.2 Å². The van der Waals surface area contributed by atoms with Crippen molar-refractivity contribution in [3.8, 4) is 17.2 Å². The van der Waals surface area contributed by atoms with Gasteiger partial charge >= 0.3 is 0 Å². The Labute approximate surface area is 144 Å². The quantitative estimate of drug-likeness (QED) is 0.695. The van der Waals surface area contributed by atoms with Gasteiger partial charge in [-0.15, -0.1) is 0 Å². The Morgan fingerprint density at radius 1 is 1.00 bits per heavy atom. The van der Waals surface area contributed by atoms with Gasteiger partial charge in [0, 0.05) is 11.1 Å². The molecular weight excluding hydrogens is 360 g/mol. The third kappa shape index (κ3) is 3.85. The summed E-state index contributed by atoms with van der Waals surface area (Å²) in [4.78, 5) is 10.9. The minimum atomic E-state index is 0.342. The normalized spacial score (nSPS) is 10.3. The molecule has 2 rings (SSSR count). The molecule has 0 aromatic heterocycles. The van der Waals surface area contributed by atoms with E-state index in [0.717, 1.165) is 38.9 Å². The van der Waals surface area contributed by atoms with Crippen LogP contribution in [0.15, 0.2) is 28.7 Å². The third-order valence-corrected chi connectivity index (χ3v) is 4.17. The van der Waals surface area contributed by atoms with Crippen LogP contribution in [-0.2, 0) is 6.61 Å². The summed E-state index contributed by atoms with van der Waals surface area (Å²) in [5.41, 5.74) is 3.38. The fraction of sp³-hybridized carbons (Fsp3) is 0.278. The molecule has 4 nitrogen and oxygen atoms in total. The van der Waals surface area contributed by atoms with E-state index in [1.165, 1.54) is 0 Å². The van der Waals surface area contributed by atoms with Gasteiger partial charge in [0.05, 0.1) is 18.7 Å². The lowest BCUT2D eigenvalue weighted by Crippen LogP contribution is -2.03. The van der Waals surface area contributed by atoms with E-state index in [-0.39, 0.29) is 0 Å². The largest absolute Gasteiger partial charge is 0.496 e. The van der Waals surface area contributed by atoms with Crippen molar-refractivity contribution in [2.24, 2.45) is 0 Å². The molecule has 122 valence electrons. The van der Waals surface area contributed by atoms with Gasteiger partial charge < -0.3 is 14.2 Å². The van der Waals surface area contributed by atoms with E-state index in [9.17, 15) is 4.79 Å². The molecule has 0 spiro atoms. The maximum Gasteiger partial charge on any atom is 0.150 e. The van der Waals surface area contributed by atoms with Crippen molar-refractivity contribution in [3.05, 3.63) is 51.0 Å². The molecule has 0 aliphatic rings. The maximum atomic E-state index is 10.9. The number of aryl methyl sites for hydroxylation is 2. The van der Waals surface area contributed by atoms with Crippen molar-refractivity contribution in [1.82, 2.24) is 0 Å². The average molecular weight is 379 g/mol. The van der Waals surface area contributed by atoms with E-state index >= 15 is 0 Å². The molecule has 0 radical (unpaired) electrons. The van der Waals surface area contributed by atoms with Gasteiger partial charge in [0.1, 0.15) is 30.1 Å². The highest BCUT2D eigenvalue weighted by Crippen LogP contribution is 2.34. The lowest BCUT2D eigenvalue weighted by Gasteiger charge is -2.16. The van der Waals surface area contributed by atoms with E-state index < -0.39 is 0 Å². The Kier molecular flexibility index (Phi) is 5.66. The number of hydrogen-bond donors (Lipinski definition) is 0. The van der Waals surface area contributed by atoms with Gasteiger partial charge in [-0.3, -0.25) is 4.79 Å². The number of aldehydes is 1. The standard InChI is InChI=1S/C18H19BrO4/c1-11-5-13(9-20)6-12(2)18(11)23-10-14-7-17(22-4)15(19)8-16(14)21-3/h5-9H,10H2,1-4H3. The summed E-state index contributed by atoms with van der Waals surface area (Å²) in [6.07, 6.45) is 0.840. The van der Waals surface area contributed by atoms with Crippen molar-refractivity contribution >= 4 is 22.2 Å². The Bertz CT molecular complexity index is 702. The van der Waals surface area contributed by atoms with Crippen molar-refractivity contribution < 1.29 is 19.0 Å².